The summed E-state index contributed by atoms with van der Waals surface area (Å²) in [5.74, 6) is 0. The van der Waals surface area contributed by atoms with E-state index in [0.717, 1.165) is 22.9 Å². The molecule has 0 saturated heterocycles. The number of halogens is 1. The molecule has 70 valence electrons. The highest BCUT2D eigenvalue weighted by Gasteiger charge is 2.24. The quantitative estimate of drug-likeness (QED) is 0.728. The fourth-order valence-electron chi connectivity index (χ4n) is 1.79. The number of aliphatic hydroxyl groups is 1. The maximum absolute atomic E-state index is 9.58. The van der Waals surface area contributed by atoms with Gasteiger partial charge < -0.3 is 10.8 Å². The highest BCUT2D eigenvalue weighted by Crippen LogP contribution is 2.30. The summed E-state index contributed by atoms with van der Waals surface area (Å²) in [4.78, 5) is 0. The Bertz CT molecular complexity index is 327. The zero-order valence-electron chi connectivity index (χ0n) is 7.20. The van der Waals surface area contributed by atoms with Crippen molar-refractivity contribution in [3.05, 3.63) is 33.8 Å². The van der Waals surface area contributed by atoms with E-state index in [2.05, 4.69) is 22.0 Å². The largest absolute Gasteiger partial charge is 0.391 e. The van der Waals surface area contributed by atoms with Crippen LogP contribution in [0.3, 0.4) is 0 Å². The second-order valence-electron chi connectivity index (χ2n) is 3.47. The predicted molar refractivity (Wildman–Crippen MR) is 55.4 cm³/mol. The van der Waals surface area contributed by atoms with Gasteiger partial charge in [0.15, 0.2) is 0 Å². The number of aliphatic hydroxyl groups excluding tert-OH is 1. The fraction of sp³-hybridized carbons (Fsp3) is 0.400. The van der Waals surface area contributed by atoms with Crippen LogP contribution in [0, 0.1) is 0 Å². The van der Waals surface area contributed by atoms with E-state index in [1.54, 1.807) is 0 Å². The first-order valence-electron chi connectivity index (χ1n) is 4.40. The van der Waals surface area contributed by atoms with E-state index in [4.69, 9.17) is 5.73 Å². The van der Waals surface area contributed by atoms with Crippen LogP contribution in [-0.2, 0) is 6.42 Å². The van der Waals surface area contributed by atoms with Crippen LogP contribution in [0.15, 0.2) is 22.7 Å². The molecule has 1 aromatic rings. The molecule has 3 N–H and O–H groups in total. The predicted octanol–water partition coefficient (Wildman–Crippen LogP) is 1.76. The molecule has 2 atom stereocenters. The SMILES string of the molecule is N[C@H]1c2cc(Br)ccc2CC[C@@H]1O. The van der Waals surface area contributed by atoms with Gasteiger partial charge in [0, 0.05) is 4.47 Å². The van der Waals surface area contributed by atoms with Gasteiger partial charge in [0.25, 0.3) is 0 Å². The van der Waals surface area contributed by atoms with Gasteiger partial charge in [-0.1, -0.05) is 22.0 Å². The van der Waals surface area contributed by atoms with Crippen LogP contribution in [0.2, 0.25) is 0 Å². The lowest BCUT2D eigenvalue weighted by molar-refractivity contribution is 0.128. The third-order valence-electron chi connectivity index (χ3n) is 2.59. The van der Waals surface area contributed by atoms with E-state index in [0.29, 0.717) is 0 Å². The summed E-state index contributed by atoms with van der Waals surface area (Å²) in [6.07, 6.45) is 1.31. The third-order valence-corrected chi connectivity index (χ3v) is 3.08. The monoisotopic (exact) mass is 241 g/mol. The van der Waals surface area contributed by atoms with Crippen molar-refractivity contribution in [1.82, 2.24) is 0 Å². The summed E-state index contributed by atoms with van der Waals surface area (Å²) in [7, 11) is 0. The van der Waals surface area contributed by atoms with Crippen molar-refractivity contribution >= 4 is 15.9 Å². The molecular weight excluding hydrogens is 230 g/mol. The van der Waals surface area contributed by atoms with Crippen LogP contribution < -0.4 is 5.73 Å². The molecule has 2 nitrogen and oxygen atoms in total. The van der Waals surface area contributed by atoms with Crippen LogP contribution in [0.5, 0.6) is 0 Å². The molecule has 0 saturated carbocycles. The number of rotatable bonds is 0. The Hall–Kier alpha value is -0.380. The van der Waals surface area contributed by atoms with Gasteiger partial charge in [-0.2, -0.15) is 0 Å². The lowest BCUT2D eigenvalue weighted by Crippen LogP contribution is -2.31. The lowest BCUT2D eigenvalue weighted by Gasteiger charge is -2.27. The molecule has 13 heavy (non-hydrogen) atoms. The van der Waals surface area contributed by atoms with Crippen molar-refractivity contribution in [3.8, 4) is 0 Å². The average Bonchev–Trinajstić information content (AvgIpc) is 2.12. The molecule has 1 aromatic carbocycles. The topological polar surface area (TPSA) is 46.2 Å². The minimum Gasteiger partial charge on any atom is -0.391 e. The first-order valence-corrected chi connectivity index (χ1v) is 5.20. The van der Waals surface area contributed by atoms with Gasteiger partial charge in [-0.05, 0) is 36.1 Å². The highest BCUT2D eigenvalue weighted by atomic mass is 79.9. The summed E-state index contributed by atoms with van der Waals surface area (Å²) in [5.41, 5.74) is 8.23. The molecule has 0 bridgehead atoms. The van der Waals surface area contributed by atoms with E-state index in [1.807, 2.05) is 12.1 Å². The molecule has 1 aliphatic carbocycles. The summed E-state index contributed by atoms with van der Waals surface area (Å²) in [5, 5.41) is 9.58. The van der Waals surface area contributed by atoms with Gasteiger partial charge in [-0.25, -0.2) is 0 Å². The van der Waals surface area contributed by atoms with E-state index < -0.39 is 0 Å². The molecule has 0 heterocycles. The van der Waals surface area contributed by atoms with E-state index in [9.17, 15) is 5.11 Å². The molecule has 1 aliphatic rings. The Morgan fingerprint density at radius 1 is 1.46 bits per heavy atom. The highest BCUT2D eigenvalue weighted by molar-refractivity contribution is 9.10. The number of nitrogens with two attached hydrogens (primary N) is 1. The van der Waals surface area contributed by atoms with Gasteiger partial charge in [0.05, 0.1) is 12.1 Å². The number of hydrogen-bond acceptors (Lipinski definition) is 2. The van der Waals surface area contributed by atoms with Crippen molar-refractivity contribution in [3.63, 3.8) is 0 Å². The Morgan fingerprint density at radius 3 is 3.00 bits per heavy atom. The Morgan fingerprint density at radius 2 is 2.23 bits per heavy atom. The maximum Gasteiger partial charge on any atom is 0.0736 e. The minimum atomic E-state index is -0.387. The molecule has 0 unspecified atom stereocenters. The first kappa shape index (κ1) is 9.19. The zero-order valence-corrected chi connectivity index (χ0v) is 8.79. The number of fused-ring (bicyclic) bond motifs is 1. The van der Waals surface area contributed by atoms with Gasteiger partial charge >= 0.3 is 0 Å². The normalized spacial score (nSPS) is 27.0. The molecule has 0 aliphatic heterocycles. The third kappa shape index (κ3) is 1.64. The number of hydrogen-bond donors (Lipinski definition) is 2. The Labute approximate surface area is 85.9 Å². The molecule has 3 heteroatoms. The second-order valence-corrected chi connectivity index (χ2v) is 4.39. The first-order chi connectivity index (χ1) is 6.18. The van der Waals surface area contributed by atoms with E-state index in [-0.39, 0.29) is 12.1 Å². The van der Waals surface area contributed by atoms with Crippen LogP contribution in [0.25, 0.3) is 0 Å². The van der Waals surface area contributed by atoms with Gasteiger partial charge in [0.1, 0.15) is 0 Å². The van der Waals surface area contributed by atoms with Gasteiger partial charge in [0.2, 0.25) is 0 Å². The lowest BCUT2D eigenvalue weighted by atomic mass is 9.86. The van der Waals surface area contributed by atoms with Crippen molar-refractivity contribution in [1.29, 1.82) is 0 Å². The van der Waals surface area contributed by atoms with Crippen LogP contribution in [0.4, 0.5) is 0 Å². The molecular formula is C10H12BrNO. The van der Waals surface area contributed by atoms with Crippen molar-refractivity contribution < 1.29 is 5.11 Å². The average molecular weight is 242 g/mol. The van der Waals surface area contributed by atoms with Crippen LogP contribution >= 0.6 is 15.9 Å². The van der Waals surface area contributed by atoms with Crippen LogP contribution in [0.1, 0.15) is 23.6 Å². The fourth-order valence-corrected chi connectivity index (χ4v) is 2.17. The second kappa shape index (κ2) is 3.40. The van der Waals surface area contributed by atoms with E-state index >= 15 is 0 Å². The van der Waals surface area contributed by atoms with Crippen molar-refractivity contribution in [2.75, 3.05) is 0 Å². The molecule has 0 amide bonds. The zero-order chi connectivity index (χ0) is 9.42. The summed E-state index contributed by atoms with van der Waals surface area (Å²) >= 11 is 3.40. The standard InChI is InChI=1S/C10H12BrNO/c11-7-3-1-6-2-4-9(13)10(12)8(6)5-7/h1,3,5,9-10,13H,2,4,12H2/t9-,10-/m0/s1. The molecule has 0 spiro atoms. The maximum atomic E-state index is 9.58. The van der Waals surface area contributed by atoms with Crippen LogP contribution in [-0.4, -0.2) is 11.2 Å². The van der Waals surface area contributed by atoms with Gasteiger partial charge in [-0.15, -0.1) is 0 Å². The van der Waals surface area contributed by atoms with Crippen molar-refractivity contribution in [2.45, 2.75) is 25.0 Å². The number of benzene rings is 1. The molecule has 0 radical (unpaired) electrons. The molecule has 2 rings (SSSR count). The Balaban J connectivity index is 2.45. The van der Waals surface area contributed by atoms with E-state index in [1.165, 1.54) is 5.56 Å². The minimum absolute atomic E-state index is 0.221. The van der Waals surface area contributed by atoms with Gasteiger partial charge in [-0.3, -0.25) is 0 Å². The smallest absolute Gasteiger partial charge is 0.0736 e. The summed E-state index contributed by atoms with van der Waals surface area (Å²) in [6.45, 7) is 0. The summed E-state index contributed by atoms with van der Waals surface area (Å²) < 4.78 is 1.02. The molecule has 0 fully saturated rings. The Kier molecular flexibility index (Phi) is 2.41. The summed E-state index contributed by atoms with van der Waals surface area (Å²) in [6, 6.07) is 5.87. The number of aryl methyl sites for hydroxylation is 1. The van der Waals surface area contributed by atoms with Crippen molar-refractivity contribution in [2.24, 2.45) is 5.73 Å². The molecule has 0 aromatic heterocycles.